The van der Waals surface area contributed by atoms with Gasteiger partial charge in [0.1, 0.15) is 0 Å². The molecule has 1 saturated heterocycles. The van der Waals surface area contributed by atoms with E-state index in [0.29, 0.717) is 5.92 Å². The van der Waals surface area contributed by atoms with Crippen molar-refractivity contribution in [1.29, 1.82) is 0 Å². The Bertz CT molecular complexity index is 349. The number of benzene rings is 1. The van der Waals surface area contributed by atoms with Gasteiger partial charge in [0.05, 0.1) is 0 Å². The smallest absolute Gasteiger partial charge is 0.0489 e. The predicted molar refractivity (Wildman–Crippen MR) is 76.4 cm³/mol. The highest BCUT2D eigenvalue weighted by atomic mass is 32.2. The lowest BCUT2D eigenvalue weighted by Crippen LogP contribution is -2.36. The van der Waals surface area contributed by atoms with Crippen LogP contribution in [0.5, 0.6) is 0 Å². The maximum Gasteiger partial charge on any atom is 0.0489 e. The molecule has 0 spiro atoms. The first-order chi connectivity index (χ1) is 8.85. The van der Waals surface area contributed by atoms with E-state index in [9.17, 15) is 0 Å². The molecule has 0 amide bonds. The van der Waals surface area contributed by atoms with Gasteiger partial charge in [0.2, 0.25) is 0 Å². The van der Waals surface area contributed by atoms with Crippen molar-refractivity contribution in [2.24, 2.45) is 11.8 Å². The molecule has 0 aliphatic carbocycles. The lowest BCUT2D eigenvalue weighted by molar-refractivity contribution is 0.0536. The fraction of sp³-hybridized carbons (Fsp3) is 0.571. The third-order valence-electron chi connectivity index (χ3n) is 3.47. The third-order valence-corrected chi connectivity index (χ3v) is 4.36. The maximum atomic E-state index is 5.74. The van der Waals surface area contributed by atoms with Crippen molar-refractivity contribution in [1.82, 2.24) is 5.43 Å². The van der Waals surface area contributed by atoms with Gasteiger partial charge in [-0.25, -0.2) is 0 Å². The highest BCUT2D eigenvalue weighted by Crippen LogP contribution is 2.30. The van der Waals surface area contributed by atoms with Crippen molar-refractivity contribution in [2.45, 2.75) is 30.7 Å². The van der Waals surface area contributed by atoms with Gasteiger partial charge >= 0.3 is 0 Å². The van der Waals surface area contributed by atoms with Gasteiger partial charge in [-0.1, -0.05) is 19.1 Å². The molecule has 3 nitrogen and oxygen atoms in total. The van der Waals surface area contributed by atoms with E-state index in [-0.39, 0.29) is 6.04 Å². The van der Waals surface area contributed by atoms with Crippen LogP contribution in [0.25, 0.3) is 0 Å². The van der Waals surface area contributed by atoms with Crippen LogP contribution in [0.15, 0.2) is 29.2 Å². The number of hydrogen-bond acceptors (Lipinski definition) is 4. The van der Waals surface area contributed by atoms with E-state index in [1.807, 2.05) is 11.8 Å². The predicted octanol–water partition coefficient (Wildman–Crippen LogP) is 2.73. The molecular formula is C14H22N2OS. The summed E-state index contributed by atoms with van der Waals surface area (Å²) in [6.07, 6.45) is 2.17. The SMILES string of the molecule is CCSc1ccc(C(NN)C2CCOCC2)cc1. The number of hydrogen-bond donors (Lipinski definition) is 2. The van der Waals surface area contributed by atoms with E-state index in [1.54, 1.807) is 0 Å². The molecule has 1 aromatic carbocycles. The molecular weight excluding hydrogens is 244 g/mol. The molecule has 0 radical (unpaired) electrons. The Labute approximate surface area is 113 Å². The molecule has 1 aliphatic rings. The topological polar surface area (TPSA) is 47.3 Å². The second-order valence-corrected chi connectivity index (χ2v) is 5.93. The molecule has 18 heavy (non-hydrogen) atoms. The Balaban J connectivity index is 2.06. The lowest BCUT2D eigenvalue weighted by atomic mass is 9.87. The van der Waals surface area contributed by atoms with Gasteiger partial charge in [-0.15, -0.1) is 11.8 Å². The first-order valence-electron chi connectivity index (χ1n) is 6.61. The normalized spacial score (nSPS) is 18.8. The van der Waals surface area contributed by atoms with Crippen molar-refractivity contribution in [3.8, 4) is 0 Å². The zero-order valence-electron chi connectivity index (χ0n) is 10.9. The number of rotatable bonds is 5. The fourth-order valence-corrected chi connectivity index (χ4v) is 3.15. The highest BCUT2D eigenvalue weighted by molar-refractivity contribution is 7.99. The monoisotopic (exact) mass is 266 g/mol. The zero-order chi connectivity index (χ0) is 12.8. The van der Waals surface area contributed by atoms with Gasteiger partial charge in [0.25, 0.3) is 0 Å². The summed E-state index contributed by atoms with van der Waals surface area (Å²) in [6, 6.07) is 9.01. The number of nitrogens with two attached hydrogens (primary N) is 1. The summed E-state index contributed by atoms with van der Waals surface area (Å²) in [5.41, 5.74) is 4.26. The standard InChI is InChI=1S/C14H22N2OS/c1-2-18-13-5-3-11(4-6-13)14(16-15)12-7-9-17-10-8-12/h3-6,12,14,16H,2,7-10,15H2,1H3. The molecule has 4 heteroatoms. The summed E-state index contributed by atoms with van der Waals surface area (Å²) in [6.45, 7) is 3.88. The van der Waals surface area contributed by atoms with Gasteiger partial charge in [-0.2, -0.15) is 0 Å². The van der Waals surface area contributed by atoms with Crippen LogP contribution in [0.4, 0.5) is 0 Å². The Morgan fingerprint density at radius 3 is 2.56 bits per heavy atom. The second kappa shape index (κ2) is 7.14. The molecule has 1 atom stereocenters. The van der Waals surface area contributed by atoms with Gasteiger partial charge in [0.15, 0.2) is 0 Å². The molecule has 0 saturated carbocycles. The first kappa shape index (κ1) is 13.9. The van der Waals surface area contributed by atoms with Gasteiger partial charge in [-0.05, 0) is 42.2 Å². The summed E-state index contributed by atoms with van der Waals surface area (Å²) in [5, 5.41) is 0. The lowest BCUT2D eigenvalue weighted by Gasteiger charge is -2.30. The van der Waals surface area contributed by atoms with Crippen molar-refractivity contribution in [2.75, 3.05) is 19.0 Å². The summed E-state index contributed by atoms with van der Waals surface area (Å²) in [4.78, 5) is 1.32. The average molecular weight is 266 g/mol. The summed E-state index contributed by atoms with van der Waals surface area (Å²) in [5.74, 6) is 7.42. The quantitative estimate of drug-likeness (QED) is 0.489. The molecule has 3 N–H and O–H groups in total. The highest BCUT2D eigenvalue weighted by Gasteiger charge is 2.24. The van der Waals surface area contributed by atoms with Crippen LogP contribution in [0.3, 0.4) is 0 Å². The molecule has 2 rings (SSSR count). The van der Waals surface area contributed by atoms with Gasteiger partial charge in [-0.3, -0.25) is 11.3 Å². The third kappa shape index (κ3) is 3.48. The van der Waals surface area contributed by atoms with Crippen molar-refractivity contribution in [3.63, 3.8) is 0 Å². The minimum atomic E-state index is 0.245. The molecule has 1 heterocycles. The Morgan fingerprint density at radius 2 is 2.00 bits per heavy atom. The molecule has 1 aliphatic heterocycles. The van der Waals surface area contributed by atoms with E-state index in [1.165, 1.54) is 10.5 Å². The van der Waals surface area contributed by atoms with Crippen molar-refractivity contribution < 1.29 is 4.74 Å². The van der Waals surface area contributed by atoms with Crippen LogP contribution in [0, 0.1) is 5.92 Å². The minimum Gasteiger partial charge on any atom is -0.381 e. The summed E-state index contributed by atoms with van der Waals surface area (Å²) >= 11 is 1.87. The summed E-state index contributed by atoms with van der Waals surface area (Å²) < 4.78 is 5.41. The molecule has 0 bridgehead atoms. The van der Waals surface area contributed by atoms with Crippen molar-refractivity contribution >= 4 is 11.8 Å². The molecule has 1 aromatic rings. The Kier molecular flexibility index (Phi) is 5.50. The number of thioether (sulfide) groups is 1. The fourth-order valence-electron chi connectivity index (χ4n) is 2.49. The molecule has 100 valence electrons. The van der Waals surface area contributed by atoms with E-state index in [0.717, 1.165) is 31.8 Å². The van der Waals surface area contributed by atoms with E-state index >= 15 is 0 Å². The van der Waals surface area contributed by atoms with Crippen LogP contribution in [0.1, 0.15) is 31.4 Å². The van der Waals surface area contributed by atoms with Crippen molar-refractivity contribution in [3.05, 3.63) is 29.8 Å². The summed E-state index contributed by atoms with van der Waals surface area (Å²) in [7, 11) is 0. The number of ether oxygens (including phenoxy) is 1. The van der Waals surface area contributed by atoms with Crippen LogP contribution >= 0.6 is 11.8 Å². The zero-order valence-corrected chi connectivity index (χ0v) is 11.7. The largest absolute Gasteiger partial charge is 0.381 e. The number of hydrazine groups is 1. The van der Waals surface area contributed by atoms with Crippen LogP contribution in [-0.2, 0) is 4.74 Å². The second-order valence-electron chi connectivity index (χ2n) is 4.60. The van der Waals surface area contributed by atoms with E-state index in [4.69, 9.17) is 10.6 Å². The van der Waals surface area contributed by atoms with E-state index < -0.39 is 0 Å². The maximum absolute atomic E-state index is 5.74. The first-order valence-corrected chi connectivity index (χ1v) is 7.60. The van der Waals surface area contributed by atoms with Crippen LogP contribution in [-0.4, -0.2) is 19.0 Å². The average Bonchev–Trinajstić information content (AvgIpc) is 2.43. The molecule has 0 aromatic heterocycles. The molecule has 1 unspecified atom stereocenters. The van der Waals surface area contributed by atoms with Crippen LogP contribution in [0.2, 0.25) is 0 Å². The Hall–Kier alpha value is -0.550. The number of nitrogens with one attached hydrogen (secondary N) is 1. The Morgan fingerprint density at radius 1 is 1.33 bits per heavy atom. The van der Waals surface area contributed by atoms with Gasteiger partial charge in [0, 0.05) is 24.2 Å². The minimum absolute atomic E-state index is 0.245. The van der Waals surface area contributed by atoms with Crippen LogP contribution < -0.4 is 11.3 Å². The van der Waals surface area contributed by atoms with Gasteiger partial charge < -0.3 is 4.74 Å². The van der Waals surface area contributed by atoms with E-state index in [2.05, 4.69) is 36.6 Å². The molecule has 1 fully saturated rings.